The highest BCUT2D eigenvalue weighted by Gasteiger charge is 2.05. The summed E-state index contributed by atoms with van der Waals surface area (Å²) in [6.45, 7) is 11.0. The van der Waals surface area contributed by atoms with E-state index in [-0.39, 0.29) is 0 Å². The van der Waals surface area contributed by atoms with E-state index in [1.165, 1.54) is 21.4 Å². The minimum atomic E-state index is 0.682. The van der Waals surface area contributed by atoms with Crippen LogP contribution in [0, 0.1) is 5.92 Å². The van der Waals surface area contributed by atoms with Crippen molar-refractivity contribution in [3.8, 4) is 0 Å². The van der Waals surface area contributed by atoms with E-state index < -0.39 is 0 Å². The molecule has 102 valence electrons. The highest BCUT2D eigenvalue weighted by Crippen LogP contribution is 2.29. The molecule has 1 unspecified atom stereocenters. The number of hydrogen-bond acceptors (Lipinski definition) is 2. The SMILES string of the molecule is CCC(C)Sc1ccc(CNCC(C)C)c(Br)c1. The molecular formula is C15H24BrNS. The van der Waals surface area contributed by atoms with Crippen molar-refractivity contribution in [2.75, 3.05) is 6.54 Å². The summed E-state index contributed by atoms with van der Waals surface area (Å²) < 4.78 is 1.21. The lowest BCUT2D eigenvalue weighted by Gasteiger charge is -2.12. The van der Waals surface area contributed by atoms with Crippen molar-refractivity contribution >= 4 is 27.7 Å². The topological polar surface area (TPSA) is 12.0 Å². The Morgan fingerprint density at radius 3 is 2.56 bits per heavy atom. The molecule has 0 aliphatic rings. The molecule has 0 bridgehead atoms. The van der Waals surface area contributed by atoms with Crippen LogP contribution in [-0.2, 0) is 6.54 Å². The Bertz CT molecular complexity index is 366. The number of thioether (sulfide) groups is 1. The molecule has 1 aromatic carbocycles. The lowest BCUT2D eigenvalue weighted by molar-refractivity contribution is 0.551. The Balaban J connectivity index is 2.56. The number of hydrogen-bond donors (Lipinski definition) is 1. The summed E-state index contributed by atoms with van der Waals surface area (Å²) >= 11 is 5.62. The molecule has 18 heavy (non-hydrogen) atoms. The zero-order chi connectivity index (χ0) is 13.5. The van der Waals surface area contributed by atoms with E-state index in [2.05, 4.69) is 67.1 Å². The van der Waals surface area contributed by atoms with E-state index in [4.69, 9.17) is 0 Å². The van der Waals surface area contributed by atoms with Crippen LogP contribution in [0.15, 0.2) is 27.6 Å². The Kier molecular flexibility index (Phi) is 7.35. The normalized spacial score (nSPS) is 13.0. The molecule has 1 aromatic rings. The molecule has 1 rings (SSSR count). The first-order valence-electron chi connectivity index (χ1n) is 6.68. The van der Waals surface area contributed by atoms with Gasteiger partial charge in [-0.25, -0.2) is 0 Å². The van der Waals surface area contributed by atoms with Gasteiger partial charge in [0.15, 0.2) is 0 Å². The van der Waals surface area contributed by atoms with Gasteiger partial charge in [0.05, 0.1) is 0 Å². The van der Waals surface area contributed by atoms with Gasteiger partial charge < -0.3 is 5.32 Å². The molecule has 0 amide bonds. The van der Waals surface area contributed by atoms with Crippen LogP contribution in [0.1, 0.15) is 39.7 Å². The van der Waals surface area contributed by atoms with Gasteiger partial charge in [-0.2, -0.15) is 0 Å². The highest BCUT2D eigenvalue weighted by atomic mass is 79.9. The molecule has 0 spiro atoms. The molecule has 0 fully saturated rings. The van der Waals surface area contributed by atoms with E-state index in [0.717, 1.165) is 13.1 Å². The van der Waals surface area contributed by atoms with Gasteiger partial charge in [-0.1, -0.05) is 49.7 Å². The number of benzene rings is 1. The lowest BCUT2D eigenvalue weighted by atomic mass is 10.2. The van der Waals surface area contributed by atoms with Crippen molar-refractivity contribution in [3.05, 3.63) is 28.2 Å². The van der Waals surface area contributed by atoms with Gasteiger partial charge in [0.1, 0.15) is 0 Å². The standard InChI is InChI=1S/C15H24BrNS/c1-5-12(4)18-14-7-6-13(15(16)8-14)10-17-9-11(2)3/h6-8,11-12,17H,5,9-10H2,1-4H3. The molecule has 1 atom stereocenters. The average molecular weight is 330 g/mol. The van der Waals surface area contributed by atoms with Crippen molar-refractivity contribution in [1.29, 1.82) is 0 Å². The zero-order valence-electron chi connectivity index (χ0n) is 11.8. The Hall–Kier alpha value is 0.01000. The molecule has 1 N–H and O–H groups in total. The highest BCUT2D eigenvalue weighted by molar-refractivity contribution is 9.10. The van der Waals surface area contributed by atoms with Gasteiger partial charge >= 0.3 is 0 Å². The van der Waals surface area contributed by atoms with Crippen LogP contribution in [0.25, 0.3) is 0 Å². The Labute approximate surface area is 124 Å². The van der Waals surface area contributed by atoms with Crippen LogP contribution in [0.4, 0.5) is 0 Å². The third-order valence-electron chi connectivity index (χ3n) is 2.80. The van der Waals surface area contributed by atoms with Crippen molar-refractivity contribution in [3.63, 3.8) is 0 Å². The largest absolute Gasteiger partial charge is 0.312 e. The van der Waals surface area contributed by atoms with Crippen LogP contribution in [0.2, 0.25) is 0 Å². The molecule has 0 heterocycles. The summed E-state index contributed by atoms with van der Waals surface area (Å²) in [5.41, 5.74) is 1.34. The molecule has 3 heteroatoms. The van der Waals surface area contributed by atoms with Crippen molar-refractivity contribution in [1.82, 2.24) is 5.32 Å². The fourth-order valence-electron chi connectivity index (χ4n) is 1.56. The quantitative estimate of drug-likeness (QED) is 0.699. The molecule has 0 saturated heterocycles. The third-order valence-corrected chi connectivity index (χ3v) is 4.80. The predicted octanol–water partition coefficient (Wildman–Crippen LogP) is 5.09. The first kappa shape index (κ1) is 16.1. The van der Waals surface area contributed by atoms with E-state index in [1.54, 1.807) is 0 Å². The lowest BCUT2D eigenvalue weighted by Crippen LogP contribution is -2.19. The smallest absolute Gasteiger partial charge is 0.0231 e. The van der Waals surface area contributed by atoms with E-state index in [1.807, 2.05) is 11.8 Å². The van der Waals surface area contributed by atoms with Crippen molar-refractivity contribution in [2.45, 2.75) is 50.8 Å². The summed E-state index contributed by atoms with van der Waals surface area (Å²) in [7, 11) is 0. The van der Waals surface area contributed by atoms with E-state index in [9.17, 15) is 0 Å². The first-order valence-corrected chi connectivity index (χ1v) is 8.36. The second-order valence-electron chi connectivity index (χ2n) is 5.11. The van der Waals surface area contributed by atoms with E-state index in [0.29, 0.717) is 11.2 Å². The van der Waals surface area contributed by atoms with Gasteiger partial charge in [0.2, 0.25) is 0 Å². The molecular weight excluding hydrogens is 306 g/mol. The summed E-state index contributed by atoms with van der Waals surface area (Å²) in [6.07, 6.45) is 1.21. The van der Waals surface area contributed by atoms with Crippen LogP contribution < -0.4 is 5.32 Å². The second-order valence-corrected chi connectivity index (χ2v) is 7.48. The minimum Gasteiger partial charge on any atom is -0.312 e. The van der Waals surface area contributed by atoms with Crippen molar-refractivity contribution in [2.24, 2.45) is 5.92 Å². The van der Waals surface area contributed by atoms with Gasteiger partial charge in [-0.05, 0) is 36.6 Å². The van der Waals surface area contributed by atoms with Crippen LogP contribution in [0.3, 0.4) is 0 Å². The maximum Gasteiger partial charge on any atom is 0.0231 e. The average Bonchev–Trinajstić information content (AvgIpc) is 2.31. The van der Waals surface area contributed by atoms with Gasteiger partial charge in [0.25, 0.3) is 0 Å². The fourth-order valence-corrected chi connectivity index (χ4v) is 3.19. The van der Waals surface area contributed by atoms with E-state index >= 15 is 0 Å². The summed E-state index contributed by atoms with van der Waals surface area (Å²) in [4.78, 5) is 1.35. The summed E-state index contributed by atoms with van der Waals surface area (Å²) in [5.74, 6) is 0.698. The second kappa shape index (κ2) is 8.23. The number of halogens is 1. The Morgan fingerprint density at radius 2 is 2.00 bits per heavy atom. The maximum atomic E-state index is 3.67. The van der Waals surface area contributed by atoms with Crippen LogP contribution >= 0.6 is 27.7 Å². The van der Waals surface area contributed by atoms with Gasteiger partial charge in [0, 0.05) is 21.2 Å². The zero-order valence-corrected chi connectivity index (χ0v) is 14.2. The maximum absolute atomic E-state index is 3.67. The van der Waals surface area contributed by atoms with Gasteiger partial charge in [-0.15, -0.1) is 11.8 Å². The minimum absolute atomic E-state index is 0.682. The molecule has 0 radical (unpaired) electrons. The first-order chi connectivity index (χ1) is 8.52. The van der Waals surface area contributed by atoms with Crippen LogP contribution in [0.5, 0.6) is 0 Å². The Morgan fingerprint density at radius 1 is 1.28 bits per heavy atom. The molecule has 0 aromatic heterocycles. The monoisotopic (exact) mass is 329 g/mol. The van der Waals surface area contributed by atoms with Gasteiger partial charge in [-0.3, -0.25) is 0 Å². The summed E-state index contributed by atoms with van der Waals surface area (Å²) in [6, 6.07) is 6.69. The van der Waals surface area contributed by atoms with Crippen molar-refractivity contribution < 1.29 is 0 Å². The molecule has 1 nitrogen and oxygen atoms in total. The number of rotatable bonds is 7. The predicted molar refractivity (Wildman–Crippen MR) is 86.3 cm³/mol. The fraction of sp³-hybridized carbons (Fsp3) is 0.600. The molecule has 0 aliphatic carbocycles. The molecule has 0 aliphatic heterocycles. The molecule has 0 saturated carbocycles. The van der Waals surface area contributed by atoms with Crippen LogP contribution in [-0.4, -0.2) is 11.8 Å². The third kappa shape index (κ3) is 5.77. The number of nitrogens with one attached hydrogen (secondary N) is 1. The summed E-state index contributed by atoms with van der Waals surface area (Å²) in [5, 5.41) is 4.16.